The smallest absolute Gasteiger partial charge is 0.323 e. The molecule has 4 nitrogen and oxygen atoms in total. The zero-order valence-electron chi connectivity index (χ0n) is 11.4. The van der Waals surface area contributed by atoms with Gasteiger partial charge in [0, 0.05) is 11.8 Å². The molecule has 1 aromatic carbocycles. The molecule has 0 aliphatic carbocycles. The van der Waals surface area contributed by atoms with E-state index in [0.29, 0.717) is 0 Å². The fraction of sp³-hybridized carbons (Fsp3) is 0.333. The van der Waals surface area contributed by atoms with Crippen LogP contribution >= 0.6 is 0 Å². The van der Waals surface area contributed by atoms with Gasteiger partial charge in [0.15, 0.2) is 0 Å². The van der Waals surface area contributed by atoms with Gasteiger partial charge in [-0.3, -0.25) is 4.79 Å². The van der Waals surface area contributed by atoms with Gasteiger partial charge in [-0.2, -0.15) is 0 Å². The van der Waals surface area contributed by atoms with Crippen LogP contribution in [0.4, 0.5) is 0 Å². The summed E-state index contributed by atoms with van der Waals surface area (Å²) in [5.74, 6) is -0.868. The van der Waals surface area contributed by atoms with Crippen molar-refractivity contribution in [2.45, 2.75) is 32.7 Å². The highest BCUT2D eigenvalue weighted by Gasteiger charge is 2.13. The number of carboxylic acid groups (broad SMARTS) is 1. The lowest BCUT2D eigenvalue weighted by molar-refractivity contribution is -0.137. The van der Waals surface area contributed by atoms with E-state index < -0.39 is 5.97 Å². The first-order chi connectivity index (χ1) is 8.86. The molecule has 19 heavy (non-hydrogen) atoms. The van der Waals surface area contributed by atoms with Gasteiger partial charge in [0.25, 0.3) is 0 Å². The van der Waals surface area contributed by atoms with E-state index in [1.165, 1.54) is 5.56 Å². The van der Waals surface area contributed by atoms with Crippen molar-refractivity contribution < 1.29 is 9.90 Å². The Morgan fingerprint density at radius 2 is 1.89 bits per heavy atom. The summed E-state index contributed by atoms with van der Waals surface area (Å²) in [6.45, 7) is 6.45. The lowest BCUT2D eigenvalue weighted by Crippen LogP contribution is -2.10. The molecule has 0 saturated heterocycles. The number of aromatic nitrogens is 2. The van der Waals surface area contributed by atoms with E-state index in [-0.39, 0.29) is 12.0 Å². The van der Waals surface area contributed by atoms with Gasteiger partial charge >= 0.3 is 5.97 Å². The van der Waals surface area contributed by atoms with Crippen LogP contribution in [-0.4, -0.2) is 20.6 Å². The van der Waals surface area contributed by atoms with Crippen molar-refractivity contribution in [1.82, 2.24) is 9.55 Å². The molecule has 0 spiro atoms. The molecule has 0 aliphatic rings. The molecule has 2 aromatic rings. The highest BCUT2D eigenvalue weighted by Crippen LogP contribution is 2.25. The normalized spacial score (nSPS) is 11.5. The van der Waals surface area contributed by atoms with Crippen LogP contribution in [0.5, 0.6) is 0 Å². The summed E-state index contributed by atoms with van der Waals surface area (Å²) in [7, 11) is 0. The highest BCUT2D eigenvalue weighted by atomic mass is 16.4. The number of imidazole rings is 1. The molecule has 0 atom stereocenters. The van der Waals surface area contributed by atoms with Crippen molar-refractivity contribution in [2.24, 2.45) is 0 Å². The summed E-state index contributed by atoms with van der Waals surface area (Å²) in [6, 6.07) is 8.22. The molecule has 0 fully saturated rings. The van der Waals surface area contributed by atoms with E-state index in [4.69, 9.17) is 5.11 Å². The Labute approximate surface area is 112 Å². The molecule has 0 amide bonds. The van der Waals surface area contributed by atoms with Gasteiger partial charge in [-0.25, -0.2) is 4.98 Å². The molecule has 1 aromatic heterocycles. The summed E-state index contributed by atoms with van der Waals surface area (Å²) in [4.78, 5) is 14.9. The maximum atomic E-state index is 10.6. The summed E-state index contributed by atoms with van der Waals surface area (Å²) < 4.78 is 1.56. The summed E-state index contributed by atoms with van der Waals surface area (Å²) >= 11 is 0. The molecule has 0 saturated carbocycles. The number of rotatable bonds is 3. The van der Waals surface area contributed by atoms with Crippen LogP contribution in [0.15, 0.2) is 36.8 Å². The first-order valence-electron chi connectivity index (χ1n) is 6.21. The zero-order chi connectivity index (χ0) is 14.0. The van der Waals surface area contributed by atoms with Crippen LogP contribution in [0.1, 0.15) is 26.3 Å². The minimum Gasteiger partial charge on any atom is -0.480 e. The van der Waals surface area contributed by atoms with E-state index in [0.717, 1.165) is 11.3 Å². The molecule has 4 heteroatoms. The Morgan fingerprint density at radius 3 is 2.42 bits per heavy atom. The number of aliphatic carboxylic acids is 1. The molecular formula is C15H18N2O2. The second kappa shape index (κ2) is 4.88. The third-order valence-corrected chi connectivity index (χ3v) is 3.00. The second-order valence-electron chi connectivity index (χ2n) is 5.65. The first-order valence-corrected chi connectivity index (χ1v) is 6.21. The number of hydrogen-bond donors (Lipinski definition) is 1. The molecular weight excluding hydrogens is 240 g/mol. The van der Waals surface area contributed by atoms with Crippen LogP contribution in [-0.2, 0) is 16.8 Å². The van der Waals surface area contributed by atoms with Crippen molar-refractivity contribution in [3.8, 4) is 11.3 Å². The molecule has 0 aliphatic heterocycles. The van der Waals surface area contributed by atoms with Crippen LogP contribution in [0.25, 0.3) is 11.3 Å². The number of benzene rings is 1. The largest absolute Gasteiger partial charge is 0.480 e. The SMILES string of the molecule is CC(C)(C)c1ccc(-c2cn(CC(=O)O)cn2)cc1. The molecule has 2 rings (SSSR count). The van der Waals surface area contributed by atoms with Crippen molar-refractivity contribution >= 4 is 5.97 Å². The molecule has 0 radical (unpaired) electrons. The Morgan fingerprint density at radius 1 is 1.26 bits per heavy atom. The molecule has 100 valence electrons. The van der Waals surface area contributed by atoms with Gasteiger partial charge < -0.3 is 9.67 Å². The van der Waals surface area contributed by atoms with Crippen LogP contribution in [0.2, 0.25) is 0 Å². The predicted octanol–water partition coefficient (Wildman–Crippen LogP) is 2.93. The Balaban J connectivity index is 2.23. The van der Waals surface area contributed by atoms with Crippen molar-refractivity contribution in [2.75, 3.05) is 0 Å². The topological polar surface area (TPSA) is 55.1 Å². The molecule has 0 unspecified atom stereocenters. The molecule has 1 N–H and O–H groups in total. The summed E-state index contributed by atoms with van der Waals surface area (Å²) in [5, 5.41) is 8.72. The van der Waals surface area contributed by atoms with Crippen LogP contribution in [0, 0.1) is 0 Å². The van der Waals surface area contributed by atoms with Gasteiger partial charge in [-0.1, -0.05) is 45.0 Å². The summed E-state index contributed by atoms with van der Waals surface area (Å²) in [6.07, 6.45) is 3.29. The van der Waals surface area contributed by atoms with E-state index >= 15 is 0 Å². The molecule has 0 bridgehead atoms. The Hall–Kier alpha value is -2.10. The van der Waals surface area contributed by atoms with Gasteiger partial charge in [0.05, 0.1) is 12.0 Å². The van der Waals surface area contributed by atoms with Crippen molar-refractivity contribution in [3.63, 3.8) is 0 Å². The van der Waals surface area contributed by atoms with Crippen molar-refractivity contribution in [1.29, 1.82) is 0 Å². The predicted molar refractivity (Wildman–Crippen MR) is 74.0 cm³/mol. The van der Waals surface area contributed by atoms with Gasteiger partial charge in [-0.15, -0.1) is 0 Å². The van der Waals surface area contributed by atoms with Gasteiger partial charge in [0.2, 0.25) is 0 Å². The van der Waals surface area contributed by atoms with Crippen LogP contribution in [0.3, 0.4) is 0 Å². The zero-order valence-corrected chi connectivity index (χ0v) is 11.4. The Bertz CT molecular complexity index is 577. The first kappa shape index (κ1) is 13.3. The van der Waals surface area contributed by atoms with E-state index in [9.17, 15) is 4.79 Å². The fourth-order valence-corrected chi connectivity index (χ4v) is 1.89. The average Bonchev–Trinajstić information content (AvgIpc) is 2.75. The maximum absolute atomic E-state index is 10.6. The summed E-state index contributed by atoms with van der Waals surface area (Å²) in [5.41, 5.74) is 3.18. The second-order valence-corrected chi connectivity index (χ2v) is 5.65. The van der Waals surface area contributed by atoms with E-state index in [1.807, 2.05) is 12.1 Å². The highest BCUT2D eigenvalue weighted by molar-refractivity contribution is 5.67. The minimum absolute atomic E-state index is 0.0624. The standard InChI is InChI=1S/C15H18N2O2/c1-15(2,3)12-6-4-11(5-7-12)13-8-17(10-16-13)9-14(18)19/h4-8,10H,9H2,1-3H3,(H,18,19). The number of carbonyl (C=O) groups is 1. The maximum Gasteiger partial charge on any atom is 0.323 e. The third kappa shape index (κ3) is 3.22. The number of carboxylic acids is 1. The minimum atomic E-state index is -0.868. The van der Waals surface area contributed by atoms with E-state index in [1.54, 1.807) is 17.1 Å². The molecule has 1 heterocycles. The number of hydrogen-bond acceptors (Lipinski definition) is 2. The average molecular weight is 258 g/mol. The lowest BCUT2D eigenvalue weighted by atomic mass is 9.86. The van der Waals surface area contributed by atoms with Gasteiger partial charge in [-0.05, 0) is 11.0 Å². The Kier molecular flexibility index (Phi) is 3.42. The van der Waals surface area contributed by atoms with Crippen LogP contribution < -0.4 is 0 Å². The monoisotopic (exact) mass is 258 g/mol. The van der Waals surface area contributed by atoms with Crippen molar-refractivity contribution in [3.05, 3.63) is 42.4 Å². The van der Waals surface area contributed by atoms with E-state index in [2.05, 4.69) is 37.9 Å². The van der Waals surface area contributed by atoms with Gasteiger partial charge in [0.1, 0.15) is 6.54 Å². The lowest BCUT2D eigenvalue weighted by Gasteiger charge is -2.18. The quantitative estimate of drug-likeness (QED) is 0.921. The number of nitrogens with zero attached hydrogens (tertiary/aromatic N) is 2. The third-order valence-electron chi connectivity index (χ3n) is 3.00. The fourth-order valence-electron chi connectivity index (χ4n) is 1.89.